The number of carboxylic acids is 1. The Hall–Kier alpha value is -0.910. The van der Waals surface area contributed by atoms with E-state index in [9.17, 15) is 9.59 Å². The van der Waals surface area contributed by atoms with Crippen LogP contribution in [-0.4, -0.2) is 40.8 Å². The molecule has 6 heteroatoms. The Bertz CT molecular complexity index is 327. The molecule has 1 aliphatic heterocycles. The van der Waals surface area contributed by atoms with E-state index < -0.39 is 17.7 Å². The first kappa shape index (κ1) is 16.1. The summed E-state index contributed by atoms with van der Waals surface area (Å²) in [5.74, 6) is 1.49. The summed E-state index contributed by atoms with van der Waals surface area (Å²) in [7, 11) is 0. The molecule has 1 rings (SSSR count). The van der Waals surface area contributed by atoms with Crippen LogP contribution in [0.15, 0.2) is 0 Å². The number of aliphatic carboxylic acids is 1. The normalized spacial score (nSPS) is 23.7. The molecule has 0 aromatic rings. The summed E-state index contributed by atoms with van der Waals surface area (Å²) in [5, 5.41) is 11.6. The minimum Gasteiger partial charge on any atom is -0.481 e. The van der Waals surface area contributed by atoms with Crippen LogP contribution in [0.3, 0.4) is 0 Å². The highest BCUT2D eigenvalue weighted by Crippen LogP contribution is 2.30. The number of nitrogens with one attached hydrogen (secondary N) is 1. The zero-order chi connectivity index (χ0) is 14.5. The Morgan fingerprint density at radius 2 is 2.05 bits per heavy atom. The lowest BCUT2D eigenvalue weighted by Crippen LogP contribution is -2.39. The highest BCUT2D eigenvalue weighted by molar-refractivity contribution is 7.99. The first-order valence-corrected chi connectivity index (χ1v) is 7.70. The molecular weight excluding hydrogens is 266 g/mol. The molecular formula is C13H23NO4S. The predicted octanol–water partition coefficient (Wildman–Crippen LogP) is 2.36. The lowest BCUT2D eigenvalue weighted by atomic mass is 9.88. The monoisotopic (exact) mass is 289 g/mol. The first-order chi connectivity index (χ1) is 8.78. The third kappa shape index (κ3) is 6.71. The molecule has 1 fully saturated rings. The van der Waals surface area contributed by atoms with Crippen LogP contribution in [0.1, 0.15) is 33.6 Å². The van der Waals surface area contributed by atoms with Gasteiger partial charge in [0.25, 0.3) is 0 Å². The summed E-state index contributed by atoms with van der Waals surface area (Å²) >= 11 is 1.81. The van der Waals surface area contributed by atoms with Crippen LogP contribution in [0.5, 0.6) is 0 Å². The van der Waals surface area contributed by atoms with Gasteiger partial charge in [0.05, 0.1) is 0 Å². The van der Waals surface area contributed by atoms with Gasteiger partial charge in [0.2, 0.25) is 0 Å². The maximum Gasteiger partial charge on any atom is 0.407 e. The maximum atomic E-state index is 11.6. The zero-order valence-electron chi connectivity index (χ0n) is 11.8. The van der Waals surface area contributed by atoms with Crippen molar-refractivity contribution in [3.8, 4) is 0 Å². The van der Waals surface area contributed by atoms with Gasteiger partial charge in [-0.2, -0.15) is 11.8 Å². The van der Waals surface area contributed by atoms with E-state index in [2.05, 4.69) is 5.32 Å². The molecule has 2 unspecified atom stereocenters. The molecule has 1 saturated heterocycles. The Kier molecular flexibility index (Phi) is 5.97. The molecule has 2 N–H and O–H groups in total. The summed E-state index contributed by atoms with van der Waals surface area (Å²) in [6.07, 6.45) is 0.649. The molecule has 0 aliphatic carbocycles. The number of amides is 1. The summed E-state index contributed by atoms with van der Waals surface area (Å²) in [6.45, 7) is 5.93. The number of carbonyl (C=O) groups excluding carboxylic acids is 1. The van der Waals surface area contributed by atoms with Gasteiger partial charge in [0, 0.05) is 13.0 Å². The number of thioether (sulfide) groups is 1. The Labute approximate surface area is 118 Å². The molecule has 1 amide bonds. The van der Waals surface area contributed by atoms with Gasteiger partial charge in [0.1, 0.15) is 5.60 Å². The summed E-state index contributed by atoms with van der Waals surface area (Å²) in [4.78, 5) is 22.4. The van der Waals surface area contributed by atoms with E-state index in [1.165, 1.54) is 0 Å². The molecule has 5 nitrogen and oxygen atoms in total. The van der Waals surface area contributed by atoms with Gasteiger partial charge in [-0.3, -0.25) is 4.79 Å². The number of hydrogen-bond donors (Lipinski definition) is 2. The topological polar surface area (TPSA) is 75.6 Å². The highest BCUT2D eigenvalue weighted by atomic mass is 32.2. The second-order valence-corrected chi connectivity index (χ2v) is 7.01. The van der Waals surface area contributed by atoms with Crippen molar-refractivity contribution in [2.45, 2.75) is 39.2 Å². The lowest BCUT2D eigenvalue weighted by molar-refractivity contribution is -0.138. The van der Waals surface area contributed by atoms with Gasteiger partial charge in [0.15, 0.2) is 0 Å². The Morgan fingerprint density at radius 1 is 1.37 bits per heavy atom. The van der Waals surface area contributed by atoms with E-state index in [0.717, 1.165) is 17.9 Å². The van der Waals surface area contributed by atoms with Gasteiger partial charge in [-0.1, -0.05) is 0 Å². The van der Waals surface area contributed by atoms with E-state index in [0.29, 0.717) is 6.54 Å². The molecule has 2 atom stereocenters. The molecule has 0 aromatic heterocycles. The second-order valence-electron chi connectivity index (χ2n) is 5.86. The van der Waals surface area contributed by atoms with Crippen molar-refractivity contribution in [1.82, 2.24) is 5.32 Å². The maximum absolute atomic E-state index is 11.6. The Morgan fingerprint density at radius 3 is 2.63 bits per heavy atom. The fraction of sp³-hybridized carbons (Fsp3) is 0.846. The van der Waals surface area contributed by atoms with Crippen LogP contribution in [-0.2, 0) is 9.53 Å². The van der Waals surface area contributed by atoms with Crippen molar-refractivity contribution in [3.05, 3.63) is 0 Å². The molecule has 1 aliphatic rings. The average Bonchev–Trinajstić information content (AvgIpc) is 2.24. The number of rotatable bonds is 4. The SMILES string of the molecule is CC(C)(C)OC(=O)NCC1CSCCC1CC(=O)O. The van der Waals surface area contributed by atoms with Gasteiger partial charge in [-0.15, -0.1) is 0 Å². The van der Waals surface area contributed by atoms with Crippen LogP contribution in [0.2, 0.25) is 0 Å². The number of hydrogen-bond acceptors (Lipinski definition) is 4. The number of carbonyl (C=O) groups is 2. The van der Waals surface area contributed by atoms with Crippen LogP contribution >= 0.6 is 11.8 Å². The first-order valence-electron chi connectivity index (χ1n) is 6.54. The minimum atomic E-state index is -0.765. The van der Waals surface area contributed by atoms with Crippen molar-refractivity contribution in [2.75, 3.05) is 18.1 Å². The van der Waals surface area contributed by atoms with Crippen molar-refractivity contribution in [1.29, 1.82) is 0 Å². The number of carboxylic acid groups (broad SMARTS) is 1. The van der Waals surface area contributed by atoms with Gasteiger partial charge in [-0.05, 0) is 50.5 Å². The van der Waals surface area contributed by atoms with E-state index in [1.54, 1.807) is 0 Å². The standard InChI is InChI=1S/C13H23NO4S/c1-13(2,3)18-12(17)14-7-10-8-19-5-4-9(10)6-11(15)16/h9-10H,4-8H2,1-3H3,(H,14,17)(H,15,16). The molecule has 19 heavy (non-hydrogen) atoms. The van der Waals surface area contributed by atoms with Crippen molar-refractivity contribution < 1.29 is 19.4 Å². The second kappa shape index (κ2) is 7.03. The van der Waals surface area contributed by atoms with Crippen molar-refractivity contribution in [2.24, 2.45) is 11.8 Å². The number of alkyl carbamates (subject to hydrolysis) is 1. The van der Waals surface area contributed by atoms with E-state index >= 15 is 0 Å². The smallest absolute Gasteiger partial charge is 0.407 e. The lowest BCUT2D eigenvalue weighted by Gasteiger charge is -2.30. The van der Waals surface area contributed by atoms with Crippen molar-refractivity contribution in [3.63, 3.8) is 0 Å². The fourth-order valence-corrected chi connectivity index (χ4v) is 3.42. The third-order valence-electron chi connectivity index (χ3n) is 2.98. The summed E-state index contributed by atoms with van der Waals surface area (Å²) in [5.41, 5.74) is -0.508. The molecule has 0 aromatic carbocycles. The molecule has 0 radical (unpaired) electrons. The van der Waals surface area contributed by atoms with E-state index in [1.807, 2.05) is 32.5 Å². The van der Waals surface area contributed by atoms with Gasteiger partial charge >= 0.3 is 12.1 Å². The van der Waals surface area contributed by atoms with Crippen LogP contribution < -0.4 is 5.32 Å². The van der Waals surface area contributed by atoms with E-state index in [-0.39, 0.29) is 18.3 Å². The quantitative estimate of drug-likeness (QED) is 0.831. The molecule has 0 saturated carbocycles. The highest BCUT2D eigenvalue weighted by Gasteiger charge is 2.28. The van der Waals surface area contributed by atoms with Gasteiger partial charge in [-0.25, -0.2) is 4.79 Å². The summed E-state index contributed by atoms with van der Waals surface area (Å²) < 4.78 is 5.17. The van der Waals surface area contributed by atoms with Crippen molar-refractivity contribution >= 4 is 23.8 Å². The van der Waals surface area contributed by atoms with Crippen LogP contribution in [0.4, 0.5) is 4.79 Å². The minimum absolute atomic E-state index is 0.147. The fourth-order valence-electron chi connectivity index (χ4n) is 2.09. The summed E-state index contributed by atoms with van der Waals surface area (Å²) in [6, 6.07) is 0. The average molecular weight is 289 g/mol. The predicted molar refractivity (Wildman–Crippen MR) is 75.4 cm³/mol. The Balaban J connectivity index is 2.40. The van der Waals surface area contributed by atoms with E-state index in [4.69, 9.17) is 9.84 Å². The molecule has 110 valence electrons. The third-order valence-corrected chi connectivity index (χ3v) is 4.16. The van der Waals surface area contributed by atoms with Gasteiger partial charge < -0.3 is 15.2 Å². The number of ether oxygens (including phenoxy) is 1. The molecule has 0 spiro atoms. The van der Waals surface area contributed by atoms with Crippen LogP contribution in [0, 0.1) is 11.8 Å². The van der Waals surface area contributed by atoms with Crippen LogP contribution in [0.25, 0.3) is 0 Å². The molecule has 0 bridgehead atoms. The zero-order valence-corrected chi connectivity index (χ0v) is 12.6. The molecule has 1 heterocycles. The largest absolute Gasteiger partial charge is 0.481 e.